The van der Waals surface area contributed by atoms with Crippen LogP contribution in [-0.2, 0) is 11.2 Å². The van der Waals surface area contributed by atoms with Crippen molar-refractivity contribution in [2.45, 2.75) is 38.1 Å². The van der Waals surface area contributed by atoms with E-state index in [0.717, 1.165) is 24.4 Å². The van der Waals surface area contributed by atoms with Crippen molar-refractivity contribution in [1.82, 2.24) is 25.3 Å². The fourth-order valence-electron chi connectivity index (χ4n) is 4.01. The molecule has 8 heteroatoms. The van der Waals surface area contributed by atoms with Gasteiger partial charge in [-0.05, 0) is 55.8 Å². The standard InChI is InChI=1S/C24H29N5O3/c1-31-20-7-5-18(6-8-20)21(29-15-3-2-4-16-29)17-26-22(30)9-10-23-27-24(28-32-23)19-11-13-25-14-12-19/h5-8,11-14,21H,2-4,9-10,15-17H2,1H3,(H,26,30). The molecule has 1 atom stereocenters. The van der Waals surface area contributed by atoms with E-state index in [4.69, 9.17) is 9.26 Å². The van der Waals surface area contributed by atoms with Crippen molar-refractivity contribution in [3.63, 3.8) is 0 Å². The van der Waals surface area contributed by atoms with Crippen LogP contribution in [0.1, 0.15) is 43.2 Å². The minimum atomic E-state index is -0.0239. The Balaban J connectivity index is 1.33. The molecule has 1 fully saturated rings. The summed E-state index contributed by atoms with van der Waals surface area (Å²) in [5, 5.41) is 7.10. The van der Waals surface area contributed by atoms with Gasteiger partial charge in [0.05, 0.1) is 13.2 Å². The number of hydrogen-bond donors (Lipinski definition) is 1. The summed E-state index contributed by atoms with van der Waals surface area (Å²) < 4.78 is 10.6. The van der Waals surface area contributed by atoms with Crippen molar-refractivity contribution in [1.29, 1.82) is 0 Å². The lowest BCUT2D eigenvalue weighted by Gasteiger charge is -2.35. The number of likely N-dealkylation sites (tertiary alicyclic amines) is 1. The van der Waals surface area contributed by atoms with Gasteiger partial charge in [-0.25, -0.2) is 0 Å². The topological polar surface area (TPSA) is 93.4 Å². The van der Waals surface area contributed by atoms with Gasteiger partial charge in [-0.1, -0.05) is 23.7 Å². The summed E-state index contributed by atoms with van der Waals surface area (Å²) in [6, 6.07) is 11.9. The van der Waals surface area contributed by atoms with Crippen LogP contribution < -0.4 is 10.1 Å². The Bertz CT molecular complexity index is 984. The molecule has 0 spiro atoms. The van der Waals surface area contributed by atoms with Crippen LogP contribution in [0.4, 0.5) is 0 Å². The zero-order valence-corrected chi connectivity index (χ0v) is 18.4. The van der Waals surface area contributed by atoms with Gasteiger partial charge in [0.2, 0.25) is 17.6 Å². The summed E-state index contributed by atoms with van der Waals surface area (Å²) in [5.41, 5.74) is 2.02. The summed E-state index contributed by atoms with van der Waals surface area (Å²) in [4.78, 5) is 23.4. The van der Waals surface area contributed by atoms with Crippen LogP contribution in [0.2, 0.25) is 0 Å². The van der Waals surface area contributed by atoms with Crippen molar-refractivity contribution in [3.8, 4) is 17.1 Å². The van der Waals surface area contributed by atoms with Crippen molar-refractivity contribution in [2.24, 2.45) is 0 Å². The first kappa shape index (κ1) is 22.0. The maximum Gasteiger partial charge on any atom is 0.227 e. The molecule has 1 unspecified atom stereocenters. The van der Waals surface area contributed by atoms with Crippen LogP contribution in [0.15, 0.2) is 53.3 Å². The second-order valence-corrected chi connectivity index (χ2v) is 7.94. The minimum Gasteiger partial charge on any atom is -0.497 e. The third-order valence-corrected chi connectivity index (χ3v) is 5.80. The van der Waals surface area contributed by atoms with E-state index in [0.29, 0.717) is 31.1 Å². The SMILES string of the molecule is COc1ccc(C(CNC(=O)CCc2nc(-c3ccncc3)no2)N2CCCCC2)cc1. The smallest absolute Gasteiger partial charge is 0.227 e. The van der Waals surface area contributed by atoms with Gasteiger partial charge in [0.25, 0.3) is 0 Å². The molecule has 168 valence electrons. The molecule has 1 N–H and O–H groups in total. The van der Waals surface area contributed by atoms with Gasteiger partial charge in [-0.3, -0.25) is 14.7 Å². The largest absolute Gasteiger partial charge is 0.497 e. The zero-order chi connectivity index (χ0) is 22.2. The van der Waals surface area contributed by atoms with Gasteiger partial charge in [0.1, 0.15) is 5.75 Å². The maximum atomic E-state index is 12.6. The third-order valence-electron chi connectivity index (χ3n) is 5.80. The number of carbonyl (C=O) groups excluding carboxylic acids is 1. The molecule has 0 aliphatic carbocycles. The molecule has 1 aliphatic rings. The molecule has 2 aromatic heterocycles. The van der Waals surface area contributed by atoms with Crippen molar-refractivity contribution in [2.75, 3.05) is 26.7 Å². The first-order valence-corrected chi connectivity index (χ1v) is 11.1. The fourth-order valence-corrected chi connectivity index (χ4v) is 4.01. The number of aryl methyl sites for hydroxylation is 1. The molecule has 8 nitrogen and oxygen atoms in total. The molecular weight excluding hydrogens is 406 g/mol. The normalized spacial score (nSPS) is 15.3. The van der Waals surface area contributed by atoms with E-state index in [9.17, 15) is 4.79 Å². The predicted molar refractivity (Wildman–Crippen MR) is 120 cm³/mol. The van der Waals surface area contributed by atoms with Gasteiger partial charge >= 0.3 is 0 Å². The molecular formula is C24H29N5O3. The van der Waals surface area contributed by atoms with Crippen molar-refractivity contribution < 1.29 is 14.1 Å². The average Bonchev–Trinajstić information content (AvgIpc) is 3.34. The Morgan fingerprint density at radius 3 is 2.59 bits per heavy atom. The molecule has 3 aromatic rings. The number of carbonyl (C=O) groups is 1. The number of amides is 1. The molecule has 0 saturated carbocycles. The summed E-state index contributed by atoms with van der Waals surface area (Å²) in [7, 11) is 1.67. The van der Waals surface area contributed by atoms with Crippen LogP contribution in [-0.4, -0.2) is 52.7 Å². The monoisotopic (exact) mass is 435 g/mol. The first-order valence-electron chi connectivity index (χ1n) is 11.1. The number of nitrogens with zero attached hydrogens (tertiary/aromatic N) is 4. The van der Waals surface area contributed by atoms with E-state index in [1.165, 1.54) is 24.8 Å². The highest BCUT2D eigenvalue weighted by atomic mass is 16.5. The minimum absolute atomic E-state index is 0.0239. The van der Waals surface area contributed by atoms with E-state index >= 15 is 0 Å². The third kappa shape index (κ3) is 5.70. The van der Waals surface area contributed by atoms with Gasteiger partial charge in [0, 0.05) is 37.3 Å². The maximum absolute atomic E-state index is 12.6. The van der Waals surface area contributed by atoms with Crippen LogP contribution in [0, 0.1) is 0 Å². The fraction of sp³-hybridized carbons (Fsp3) is 0.417. The number of benzene rings is 1. The molecule has 1 amide bonds. The Morgan fingerprint density at radius 2 is 1.88 bits per heavy atom. The van der Waals surface area contributed by atoms with Crippen LogP contribution in [0.3, 0.4) is 0 Å². The molecule has 0 radical (unpaired) electrons. The molecule has 4 rings (SSSR count). The molecule has 1 aliphatic heterocycles. The summed E-state index contributed by atoms with van der Waals surface area (Å²) in [6.07, 6.45) is 7.72. The second kappa shape index (κ2) is 10.9. The summed E-state index contributed by atoms with van der Waals surface area (Å²) in [6.45, 7) is 2.66. The zero-order valence-electron chi connectivity index (χ0n) is 18.4. The quantitative estimate of drug-likeness (QED) is 0.550. The lowest BCUT2D eigenvalue weighted by Crippen LogP contribution is -2.40. The molecule has 0 bridgehead atoms. The van der Waals surface area contributed by atoms with E-state index in [1.54, 1.807) is 19.5 Å². The Labute approximate surface area is 188 Å². The number of rotatable bonds is 9. The van der Waals surface area contributed by atoms with Gasteiger partial charge in [0.15, 0.2) is 0 Å². The Kier molecular flexibility index (Phi) is 7.45. The summed E-state index contributed by atoms with van der Waals surface area (Å²) >= 11 is 0. The highest BCUT2D eigenvalue weighted by Gasteiger charge is 2.23. The van der Waals surface area contributed by atoms with E-state index in [-0.39, 0.29) is 11.9 Å². The molecule has 1 saturated heterocycles. The average molecular weight is 436 g/mol. The number of methoxy groups -OCH3 is 1. The predicted octanol–water partition coefficient (Wildman–Crippen LogP) is 3.42. The van der Waals surface area contributed by atoms with E-state index in [2.05, 4.69) is 37.5 Å². The number of hydrogen-bond acceptors (Lipinski definition) is 7. The highest BCUT2D eigenvalue weighted by Crippen LogP contribution is 2.26. The molecule has 32 heavy (non-hydrogen) atoms. The number of pyridine rings is 1. The Hall–Kier alpha value is -3.26. The highest BCUT2D eigenvalue weighted by molar-refractivity contribution is 5.76. The van der Waals surface area contributed by atoms with Gasteiger partial charge in [-0.15, -0.1) is 0 Å². The number of aromatic nitrogens is 3. The number of piperidine rings is 1. The van der Waals surface area contributed by atoms with E-state index < -0.39 is 0 Å². The van der Waals surface area contributed by atoms with Crippen LogP contribution in [0.25, 0.3) is 11.4 Å². The van der Waals surface area contributed by atoms with Crippen molar-refractivity contribution >= 4 is 5.91 Å². The molecule has 3 heterocycles. The lowest BCUT2D eigenvalue weighted by molar-refractivity contribution is -0.121. The van der Waals surface area contributed by atoms with Gasteiger partial charge in [-0.2, -0.15) is 4.98 Å². The molecule has 1 aromatic carbocycles. The Morgan fingerprint density at radius 1 is 1.12 bits per heavy atom. The summed E-state index contributed by atoms with van der Waals surface area (Å²) in [5.74, 6) is 1.77. The number of ether oxygens (including phenoxy) is 1. The lowest BCUT2D eigenvalue weighted by atomic mass is 10.0. The van der Waals surface area contributed by atoms with Crippen molar-refractivity contribution in [3.05, 3.63) is 60.2 Å². The number of nitrogens with one attached hydrogen (secondary N) is 1. The second-order valence-electron chi connectivity index (χ2n) is 7.94. The van der Waals surface area contributed by atoms with Crippen LogP contribution in [0.5, 0.6) is 5.75 Å². The first-order chi connectivity index (χ1) is 15.7. The van der Waals surface area contributed by atoms with Crippen LogP contribution >= 0.6 is 0 Å². The van der Waals surface area contributed by atoms with E-state index in [1.807, 2.05) is 24.3 Å². The van der Waals surface area contributed by atoms with Gasteiger partial charge < -0.3 is 14.6 Å².